The van der Waals surface area contributed by atoms with Gasteiger partial charge in [-0.05, 0) is 39.0 Å². The van der Waals surface area contributed by atoms with Gasteiger partial charge in [0.05, 0.1) is 18.3 Å². The van der Waals surface area contributed by atoms with Gasteiger partial charge in [-0.1, -0.05) is 12.1 Å². The molecular formula is C17H22N2O2. The Morgan fingerprint density at radius 1 is 1.24 bits per heavy atom. The molecule has 0 saturated heterocycles. The van der Waals surface area contributed by atoms with Crippen LogP contribution in [0, 0.1) is 6.92 Å². The van der Waals surface area contributed by atoms with E-state index in [1.165, 1.54) is 0 Å². The standard InChI is InChI=1S/C17H22N2O2/c1-4-19(11-14-7-5-6-12(2)18-14)15-8-9-16(13(3)20)17(21)10-15/h5-10,13,20-21H,4,11H2,1-3H3. The van der Waals surface area contributed by atoms with Crippen LogP contribution in [0.3, 0.4) is 0 Å². The Balaban J connectivity index is 2.23. The lowest BCUT2D eigenvalue weighted by Crippen LogP contribution is -2.22. The van der Waals surface area contributed by atoms with Crippen molar-refractivity contribution in [1.29, 1.82) is 0 Å². The van der Waals surface area contributed by atoms with E-state index >= 15 is 0 Å². The van der Waals surface area contributed by atoms with E-state index in [-0.39, 0.29) is 5.75 Å². The average Bonchev–Trinajstić information content (AvgIpc) is 2.44. The van der Waals surface area contributed by atoms with E-state index < -0.39 is 6.10 Å². The number of rotatable bonds is 5. The molecule has 1 aromatic heterocycles. The zero-order chi connectivity index (χ0) is 15.4. The molecule has 1 heterocycles. The molecule has 0 bridgehead atoms. The number of nitrogens with zero attached hydrogens (tertiary/aromatic N) is 2. The lowest BCUT2D eigenvalue weighted by molar-refractivity contribution is 0.195. The Labute approximate surface area is 125 Å². The van der Waals surface area contributed by atoms with Crippen LogP contribution in [0.1, 0.15) is 36.9 Å². The van der Waals surface area contributed by atoms with Gasteiger partial charge in [0.2, 0.25) is 0 Å². The number of anilines is 1. The number of aromatic hydroxyl groups is 1. The highest BCUT2D eigenvalue weighted by molar-refractivity contribution is 5.54. The van der Waals surface area contributed by atoms with Crippen molar-refractivity contribution in [2.45, 2.75) is 33.4 Å². The van der Waals surface area contributed by atoms with Gasteiger partial charge in [0.1, 0.15) is 5.75 Å². The van der Waals surface area contributed by atoms with Gasteiger partial charge in [0, 0.05) is 29.6 Å². The number of phenolic OH excluding ortho intramolecular Hbond substituents is 1. The van der Waals surface area contributed by atoms with Gasteiger partial charge in [-0.2, -0.15) is 0 Å². The highest BCUT2D eigenvalue weighted by Crippen LogP contribution is 2.29. The number of aliphatic hydroxyl groups excluding tert-OH is 1. The molecule has 0 aliphatic heterocycles. The SMILES string of the molecule is CCN(Cc1cccc(C)n1)c1ccc(C(C)O)c(O)c1. The van der Waals surface area contributed by atoms with Crippen molar-refractivity contribution in [1.82, 2.24) is 4.98 Å². The molecule has 1 aromatic carbocycles. The third-order valence-corrected chi connectivity index (χ3v) is 3.51. The van der Waals surface area contributed by atoms with Crippen LogP contribution in [-0.4, -0.2) is 21.7 Å². The highest BCUT2D eigenvalue weighted by Gasteiger charge is 2.12. The van der Waals surface area contributed by atoms with Crippen LogP contribution in [0.4, 0.5) is 5.69 Å². The Hall–Kier alpha value is -2.07. The first-order valence-electron chi connectivity index (χ1n) is 7.19. The Morgan fingerprint density at radius 3 is 2.57 bits per heavy atom. The van der Waals surface area contributed by atoms with Crippen molar-refractivity contribution >= 4 is 5.69 Å². The van der Waals surface area contributed by atoms with Crippen molar-refractivity contribution in [3.05, 3.63) is 53.3 Å². The van der Waals surface area contributed by atoms with Crippen LogP contribution in [0.15, 0.2) is 36.4 Å². The second-order valence-electron chi connectivity index (χ2n) is 5.20. The number of aryl methyl sites for hydroxylation is 1. The van der Waals surface area contributed by atoms with Gasteiger partial charge in [0.25, 0.3) is 0 Å². The van der Waals surface area contributed by atoms with Gasteiger partial charge in [-0.25, -0.2) is 0 Å². The minimum Gasteiger partial charge on any atom is -0.507 e. The number of benzene rings is 1. The molecule has 1 unspecified atom stereocenters. The quantitative estimate of drug-likeness (QED) is 0.886. The molecule has 0 aliphatic carbocycles. The molecule has 0 saturated carbocycles. The maximum atomic E-state index is 10.0. The zero-order valence-corrected chi connectivity index (χ0v) is 12.7. The molecule has 4 nitrogen and oxygen atoms in total. The van der Waals surface area contributed by atoms with Crippen molar-refractivity contribution in [2.75, 3.05) is 11.4 Å². The second kappa shape index (κ2) is 6.59. The first kappa shape index (κ1) is 15.3. The normalized spacial score (nSPS) is 12.2. The Kier molecular flexibility index (Phi) is 4.81. The van der Waals surface area contributed by atoms with Crippen molar-refractivity contribution in [3.63, 3.8) is 0 Å². The molecule has 0 spiro atoms. The minimum absolute atomic E-state index is 0.123. The van der Waals surface area contributed by atoms with E-state index in [2.05, 4.69) is 16.8 Å². The van der Waals surface area contributed by atoms with Gasteiger partial charge in [0.15, 0.2) is 0 Å². The zero-order valence-electron chi connectivity index (χ0n) is 12.7. The van der Waals surface area contributed by atoms with Crippen molar-refractivity contribution in [2.24, 2.45) is 0 Å². The molecule has 0 radical (unpaired) electrons. The Bertz CT molecular complexity index is 611. The second-order valence-corrected chi connectivity index (χ2v) is 5.20. The number of aromatic nitrogens is 1. The van der Waals surface area contributed by atoms with Gasteiger partial charge >= 0.3 is 0 Å². The fourth-order valence-electron chi connectivity index (χ4n) is 2.35. The van der Waals surface area contributed by atoms with Crippen molar-refractivity contribution in [3.8, 4) is 5.75 Å². The van der Waals surface area contributed by atoms with E-state index in [0.29, 0.717) is 12.1 Å². The van der Waals surface area contributed by atoms with Gasteiger partial charge in [-0.3, -0.25) is 4.98 Å². The summed E-state index contributed by atoms with van der Waals surface area (Å²) in [5, 5.41) is 19.6. The third kappa shape index (κ3) is 3.73. The van der Waals surface area contributed by atoms with Crippen LogP contribution in [0.5, 0.6) is 5.75 Å². The monoisotopic (exact) mass is 286 g/mol. The molecule has 2 aromatic rings. The molecule has 112 valence electrons. The maximum absolute atomic E-state index is 10.0. The van der Waals surface area contributed by atoms with Crippen LogP contribution in [-0.2, 0) is 6.54 Å². The number of pyridine rings is 1. The smallest absolute Gasteiger partial charge is 0.123 e. The molecule has 0 amide bonds. The van der Waals surface area contributed by atoms with Crippen LogP contribution in [0.25, 0.3) is 0 Å². The number of phenols is 1. The van der Waals surface area contributed by atoms with Gasteiger partial charge in [-0.15, -0.1) is 0 Å². The summed E-state index contributed by atoms with van der Waals surface area (Å²) < 4.78 is 0. The Morgan fingerprint density at radius 2 is 2.00 bits per heavy atom. The van der Waals surface area contributed by atoms with Crippen molar-refractivity contribution < 1.29 is 10.2 Å². The number of hydrogen-bond acceptors (Lipinski definition) is 4. The van der Waals surface area contributed by atoms with E-state index in [4.69, 9.17) is 0 Å². The summed E-state index contributed by atoms with van der Waals surface area (Å²) in [6, 6.07) is 11.4. The average molecular weight is 286 g/mol. The molecule has 0 fully saturated rings. The summed E-state index contributed by atoms with van der Waals surface area (Å²) in [5.74, 6) is 0.123. The fourth-order valence-corrected chi connectivity index (χ4v) is 2.35. The summed E-state index contributed by atoms with van der Waals surface area (Å²) in [7, 11) is 0. The van der Waals surface area contributed by atoms with E-state index in [9.17, 15) is 10.2 Å². The first-order chi connectivity index (χ1) is 10.0. The summed E-state index contributed by atoms with van der Waals surface area (Å²) in [5.41, 5.74) is 3.46. The summed E-state index contributed by atoms with van der Waals surface area (Å²) in [6.07, 6.45) is -0.674. The molecule has 0 aliphatic rings. The highest BCUT2D eigenvalue weighted by atomic mass is 16.3. The van der Waals surface area contributed by atoms with E-state index in [1.54, 1.807) is 19.1 Å². The molecule has 1 atom stereocenters. The lowest BCUT2D eigenvalue weighted by atomic mass is 10.1. The number of hydrogen-bond donors (Lipinski definition) is 2. The summed E-state index contributed by atoms with van der Waals surface area (Å²) >= 11 is 0. The first-order valence-corrected chi connectivity index (χ1v) is 7.19. The summed E-state index contributed by atoms with van der Waals surface area (Å²) in [4.78, 5) is 6.64. The predicted molar refractivity (Wildman–Crippen MR) is 84.4 cm³/mol. The van der Waals surface area contributed by atoms with Gasteiger partial charge < -0.3 is 15.1 Å². The minimum atomic E-state index is -0.674. The van der Waals surface area contributed by atoms with Crippen LogP contribution < -0.4 is 4.90 Å². The summed E-state index contributed by atoms with van der Waals surface area (Å²) in [6.45, 7) is 7.18. The molecule has 21 heavy (non-hydrogen) atoms. The van der Waals surface area contributed by atoms with Crippen LogP contribution >= 0.6 is 0 Å². The maximum Gasteiger partial charge on any atom is 0.123 e. The molecule has 2 N–H and O–H groups in total. The predicted octanol–water partition coefficient (Wildman–Crippen LogP) is 3.18. The van der Waals surface area contributed by atoms with Crippen LogP contribution in [0.2, 0.25) is 0 Å². The van der Waals surface area contributed by atoms with E-state index in [0.717, 1.165) is 23.6 Å². The molecular weight excluding hydrogens is 264 g/mol. The molecule has 2 rings (SSSR count). The lowest BCUT2D eigenvalue weighted by Gasteiger charge is -2.24. The number of aliphatic hydroxyl groups is 1. The molecule has 4 heteroatoms. The third-order valence-electron chi connectivity index (χ3n) is 3.51. The van der Waals surface area contributed by atoms with E-state index in [1.807, 2.05) is 31.2 Å². The largest absolute Gasteiger partial charge is 0.507 e. The fraction of sp³-hybridized carbons (Fsp3) is 0.353. The topological polar surface area (TPSA) is 56.6 Å².